The van der Waals surface area contributed by atoms with E-state index in [9.17, 15) is 14.7 Å². The minimum absolute atomic E-state index is 0.0617. The van der Waals surface area contributed by atoms with Crippen molar-refractivity contribution in [3.05, 3.63) is 113 Å². The van der Waals surface area contributed by atoms with Crippen LogP contribution in [0.15, 0.2) is 91.0 Å². The molecule has 0 aliphatic carbocycles. The zero-order valence-corrected chi connectivity index (χ0v) is 35.0. The van der Waals surface area contributed by atoms with Gasteiger partial charge in [-0.25, -0.2) is 0 Å². The van der Waals surface area contributed by atoms with E-state index in [2.05, 4.69) is 48.9 Å². The van der Waals surface area contributed by atoms with E-state index in [-0.39, 0.29) is 60.8 Å². The van der Waals surface area contributed by atoms with Crippen molar-refractivity contribution in [3.63, 3.8) is 0 Å². The summed E-state index contributed by atoms with van der Waals surface area (Å²) in [7, 11) is 0.710. The molecule has 1 spiro atoms. The fourth-order valence-electron chi connectivity index (χ4n) is 10.2. The van der Waals surface area contributed by atoms with Crippen LogP contribution in [0.5, 0.6) is 11.5 Å². The number of aliphatic hydroxyl groups is 1. The fraction of sp³-hybridized carbons (Fsp3) is 0.413. The van der Waals surface area contributed by atoms with Gasteiger partial charge >= 0.3 is 0 Å². The molecule has 12 heteroatoms. The molecular formula is C46H54N4O7Si. The molecule has 2 saturated heterocycles. The van der Waals surface area contributed by atoms with Gasteiger partial charge in [-0.3, -0.25) is 14.4 Å². The summed E-state index contributed by atoms with van der Waals surface area (Å²) in [5.41, 5.74) is 3.62. The van der Waals surface area contributed by atoms with E-state index in [1.807, 2.05) is 72.8 Å². The van der Waals surface area contributed by atoms with Crippen LogP contribution in [-0.2, 0) is 44.2 Å². The van der Waals surface area contributed by atoms with Gasteiger partial charge in [-0.2, -0.15) is 0 Å². The summed E-state index contributed by atoms with van der Waals surface area (Å²) in [5.74, 6) is 0.673. The summed E-state index contributed by atoms with van der Waals surface area (Å²) in [5, 5.41) is 18.0. The van der Waals surface area contributed by atoms with Crippen LogP contribution in [0.1, 0.15) is 48.4 Å². The number of hydrogen-bond donors (Lipinski definition) is 3. The first-order valence-corrected chi connectivity index (χ1v) is 23.5. The number of nitrogens with one attached hydrogen (secondary N) is 2. The summed E-state index contributed by atoms with van der Waals surface area (Å²) < 4.78 is 18.6. The van der Waals surface area contributed by atoms with Crippen molar-refractivity contribution >= 4 is 42.4 Å². The SMILES string of the molecule is COc1ccc([Si](C)(C)[C@H]2[C@H](CC(=O)N3Cc4ccccc4C[C@H]3CO)O[C@@]3(C(=O)N(Cc4cccc(NC(=O)[C@H]5CCCN5)c4)c4ccc(OC)cc43)[C@@H]2C)cc1. The molecule has 3 amide bonds. The van der Waals surface area contributed by atoms with Gasteiger partial charge in [0.05, 0.1) is 65.7 Å². The first-order chi connectivity index (χ1) is 28.0. The lowest BCUT2D eigenvalue weighted by Crippen LogP contribution is -2.52. The van der Waals surface area contributed by atoms with Crippen LogP contribution in [-0.4, -0.2) is 81.4 Å². The largest absolute Gasteiger partial charge is 0.497 e. The molecule has 4 heterocycles. The Labute approximate surface area is 341 Å². The number of aliphatic hydroxyl groups excluding tert-OH is 1. The lowest BCUT2D eigenvalue weighted by atomic mass is 9.82. The number of amides is 3. The second kappa shape index (κ2) is 16.0. The predicted octanol–water partition coefficient (Wildman–Crippen LogP) is 5.49. The fourth-order valence-corrected chi connectivity index (χ4v) is 14.2. The average molecular weight is 803 g/mol. The lowest BCUT2D eigenvalue weighted by Gasteiger charge is -2.39. The highest BCUT2D eigenvalue weighted by Crippen LogP contribution is 2.60. The maximum absolute atomic E-state index is 15.5. The summed E-state index contributed by atoms with van der Waals surface area (Å²) >= 11 is 0. The minimum Gasteiger partial charge on any atom is -0.497 e. The third-order valence-corrected chi connectivity index (χ3v) is 17.6. The molecule has 11 nitrogen and oxygen atoms in total. The molecule has 4 aliphatic rings. The Bertz CT molecular complexity index is 2190. The maximum Gasteiger partial charge on any atom is 0.264 e. The van der Waals surface area contributed by atoms with Gasteiger partial charge in [-0.15, -0.1) is 0 Å². The van der Waals surface area contributed by atoms with E-state index in [0.717, 1.165) is 53.1 Å². The summed E-state index contributed by atoms with van der Waals surface area (Å²) in [6, 6.07) is 29.0. The van der Waals surface area contributed by atoms with Gasteiger partial charge in [0.25, 0.3) is 5.91 Å². The van der Waals surface area contributed by atoms with Crippen LogP contribution in [0.25, 0.3) is 0 Å². The van der Waals surface area contributed by atoms with Gasteiger partial charge in [-0.1, -0.05) is 73.7 Å². The molecule has 0 bridgehead atoms. The molecule has 3 N–H and O–H groups in total. The number of hydrogen-bond acceptors (Lipinski definition) is 8. The Kier molecular flexibility index (Phi) is 11.0. The highest BCUT2D eigenvalue weighted by Gasteiger charge is 2.66. The van der Waals surface area contributed by atoms with Crippen molar-refractivity contribution in [2.24, 2.45) is 5.92 Å². The van der Waals surface area contributed by atoms with Crippen LogP contribution in [0, 0.1) is 5.92 Å². The maximum atomic E-state index is 15.5. The molecule has 0 radical (unpaired) electrons. The predicted molar refractivity (Wildman–Crippen MR) is 226 cm³/mol. The van der Waals surface area contributed by atoms with Gasteiger partial charge in [0.2, 0.25) is 11.8 Å². The molecule has 58 heavy (non-hydrogen) atoms. The van der Waals surface area contributed by atoms with Gasteiger partial charge in [-0.05, 0) is 90.5 Å². The summed E-state index contributed by atoms with van der Waals surface area (Å²) in [6.07, 6.45) is 1.80. The minimum atomic E-state index is -2.55. The Morgan fingerprint density at radius 3 is 2.41 bits per heavy atom. The van der Waals surface area contributed by atoms with Crippen molar-refractivity contribution in [1.82, 2.24) is 10.2 Å². The molecule has 4 aromatic rings. The summed E-state index contributed by atoms with van der Waals surface area (Å²) in [4.78, 5) is 46.7. The van der Waals surface area contributed by atoms with Crippen LogP contribution in [0.4, 0.5) is 11.4 Å². The zero-order valence-electron chi connectivity index (χ0n) is 34.0. The van der Waals surface area contributed by atoms with Crippen molar-refractivity contribution < 1.29 is 33.7 Å². The second-order valence-electron chi connectivity index (χ2n) is 16.8. The Hall–Kier alpha value is -5.01. The van der Waals surface area contributed by atoms with Gasteiger partial charge in [0.15, 0.2) is 5.60 Å². The number of methoxy groups -OCH3 is 2. The van der Waals surface area contributed by atoms with Crippen LogP contribution in [0.2, 0.25) is 18.6 Å². The van der Waals surface area contributed by atoms with Gasteiger partial charge in [0, 0.05) is 23.7 Å². The third-order valence-electron chi connectivity index (χ3n) is 13.2. The molecule has 0 unspecified atom stereocenters. The van der Waals surface area contributed by atoms with Crippen LogP contribution >= 0.6 is 0 Å². The number of ether oxygens (including phenoxy) is 3. The number of nitrogens with zero attached hydrogens (tertiary/aromatic N) is 2. The van der Waals surface area contributed by atoms with E-state index in [1.165, 1.54) is 5.19 Å². The number of fused-ring (bicyclic) bond motifs is 3. The normalized spacial score (nSPS) is 25.1. The van der Waals surface area contributed by atoms with E-state index >= 15 is 4.79 Å². The van der Waals surface area contributed by atoms with Crippen LogP contribution in [0.3, 0.4) is 0 Å². The molecule has 2 fully saturated rings. The number of rotatable bonds is 11. The van der Waals surface area contributed by atoms with Gasteiger partial charge in [0.1, 0.15) is 11.5 Å². The quantitative estimate of drug-likeness (QED) is 0.170. The monoisotopic (exact) mass is 802 g/mol. The van der Waals surface area contributed by atoms with Crippen molar-refractivity contribution in [2.75, 3.05) is 37.6 Å². The van der Waals surface area contributed by atoms with Crippen molar-refractivity contribution in [3.8, 4) is 11.5 Å². The lowest BCUT2D eigenvalue weighted by molar-refractivity contribution is -0.151. The van der Waals surface area contributed by atoms with Crippen LogP contribution < -0.4 is 30.2 Å². The smallest absolute Gasteiger partial charge is 0.264 e. The number of benzene rings is 4. The Morgan fingerprint density at radius 2 is 1.71 bits per heavy atom. The Morgan fingerprint density at radius 1 is 0.966 bits per heavy atom. The molecule has 0 aromatic heterocycles. The zero-order chi connectivity index (χ0) is 40.8. The number of carbonyl (C=O) groups is 3. The van der Waals surface area contributed by atoms with E-state index in [1.54, 1.807) is 24.0 Å². The van der Waals surface area contributed by atoms with E-state index in [4.69, 9.17) is 14.2 Å². The molecular weight excluding hydrogens is 749 g/mol. The first-order valence-electron chi connectivity index (χ1n) is 20.4. The molecule has 0 saturated carbocycles. The Balaban J connectivity index is 1.16. The van der Waals surface area contributed by atoms with Crippen molar-refractivity contribution in [2.45, 2.75) is 88.1 Å². The highest BCUT2D eigenvalue weighted by molar-refractivity contribution is 6.91. The standard InChI is InChI=1S/C46H54N4O7Si/c1-29-43(58(4,5)37-18-15-35(55-2)16-19-37)41(25-42(52)49-27-32-12-7-6-11-31(32)23-34(49)28-51)57-46(29)38-24-36(56-3)17-20-40(38)50(45(46)54)26-30-10-8-13-33(22-30)48-44(53)39-14-9-21-47-39/h6-8,10-13,15-20,22,24,29,34,39,41,43,47,51H,9,14,21,23,25-28H2,1-5H3,(H,48,53)/t29-,34+,39-,41+,43-,46+/m1/s1. The van der Waals surface area contributed by atoms with E-state index < -0.39 is 19.8 Å². The molecule has 4 aromatic carbocycles. The average Bonchev–Trinajstić information content (AvgIpc) is 3.94. The highest BCUT2D eigenvalue weighted by atomic mass is 28.3. The number of anilines is 2. The van der Waals surface area contributed by atoms with Crippen molar-refractivity contribution in [1.29, 1.82) is 0 Å². The molecule has 4 aliphatic heterocycles. The first kappa shape index (κ1) is 39.8. The van der Waals surface area contributed by atoms with E-state index in [0.29, 0.717) is 24.4 Å². The molecule has 6 atom stereocenters. The molecule has 304 valence electrons. The molecule has 8 rings (SSSR count). The topological polar surface area (TPSA) is 130 Å². The third kappa shape index (κ3) is 6.99. The number of carbonyl (C=O) groups excluding carboxylic acids is 3. The van der Waals surface area contributed by atoms with Gasteiger partial charge < -0.3 is 39.8 Å². The summed E-state index contributed by atoms with van der Waals surface area (Å²) in [6.45, 7) is 8.04. The second-order valence-corrected chi connectivity index (χ2v) is 21.5.